The molecule has 6 heteroatoms. The molecule has 0 N–H and O–H groups in total. The first-order valence-corrected chi connectivity index (χ1v) is 11.7. The lowest BCUT2D eigenvalue weighted by Crippen LogP contribution is -2.52. The first-order chi connectivity index (χ1) is 15.8. The zero-order valence-electron chi connectivity index (χ0n) is 20.5. The van der Waals surface area contributed by atoms with Gasteiger partial charge in [0.05, 0.1) is 30.4 Å². The molecule has 0 aliphatic carbocycles. The van der Waals surface area contributed by atoms with Crippen molar-refractivity contribution in [3.05, 3.63) is 65.2 Å². The van der Waals surface area contributed by atoms with Crippen molar-refractivity contribution < 1.29 is 19.1 Å². The number of esters is 1. The van der Waals surface area contributed by atoms with Gasteiger partial charge in [-0.2, -0.15) is 0 Å². The Morgan fingerprint density at radius 1 is 1.00 bits per heavy atom. The summed E-state index contributed by atoms with van der Waals surface area (Å²) >= 11 is 0. The Hall–Kier alpha value is -2.70. The minimum absolute atomic E-state index is 0.104. The van der Waals surface area contributed by atoms with Crippen molar-refractivity contribution in [2.24, 2.45) is 0 Å². The van der Waals surface area contributed by atoms with Crippen LogP contribution in [0.2, 0.25) is 0 Å². The number of hydrogen-bond acceptors (Lipinski definition) is 6. The standard InChI is InChI=1S/C27H36N2O4/c1-6-27(28(4)5,19-21-7-9-23(10-8-21)26(31)33-20(2)3)25(30)22-11-13-24(14-12-22)29-15-17-32-18-16-29/h7-14,20H,6,15-19H2,1-5H3. The van der Waals surface area contributed by atoms with Crippen LogP contribution >= 0.6 is 0 Å². The lowest BCUT2D eigenvalue weighted by molar-refractivity contribution is 0.0377. The average molecular weight is 453 g/mol. The summed E-state index contributed by atoms with van der Waals surface area (Å²) in [6, 6.07) is 15.3. The van der Waals surface area contributed by atoms with Crippen LogP contribution in [0.15, 0.2) is 48.5 Å². The van der Waals surface area contributed by atoms with Crippen LogP contribution in [0.5, 0.6) is 0 Å². The fourth-order valence-corrected chi connectivity index (χ4v) is 4.34. The Morgan fingerprint density at radius 3 is 2.09 bits per heavy atom. The molecule has 0 spiro atoms. The molecule has 2 aromatic carbocycles. The van der Waals surface area contributed by atoms with Gasteiger partial charge in [-0.3, -0.25) is 9.69 Å². The highest BCUT2D eigenvalue weighted by atomic mass is 16.5. The number of ether oxygens (including phenoxy) is 2. The molecule has 1 aliphatic rings. The van der Waals surface area contributed by atoms with Gasteiger partial charge in [0, 0.05) is 24.3 Å². The number of hydrogen-bond donors (Lipinski definition) is 0. The molecule has 0 bridgehead atoms. The second kappa shape index (κ2) is 10.9. The van der Waals surface area contributed by atoms with Gasteiger partial charge in [0.2, 0.25) is 0 Å². The maximum absolute atomic E-state index is 13.8. The van der Waals surface area contributed by atoms with E-state index in [-0.39, 0.29) is 17.9 Å². The minimum Gasteiger partial charge on any atom is -0.459 e. The molecule has 0 aromatic heterocycles. The van der Waals surface area contributed by atoms with Crippen LogP contribution < -0.4 is 4.90 Å². The van der Waals surface area contributed by atoms with Gasteiger partial charge in [-0.1, -0.05) is 19.1 Å². The van der Waals surface area contributed by atoms with E-state index < -0.39 is 5.54 Å². The summed E-state index contributed by atoms with van der Waals surface area (Å²) in [7, 11) is 3.91. The number of morpholine rings is 1. The van der Waals surface area contributed by atoms with Crippen LogP contribution in [0, 0.1) is 0 Å². The molecule has 0 saturated carbocycles. The molecule has 1 fully saturated rings. The van der Waals surface area contributed by atoms with E-state index in [1.165, 1.54) is 0 Å². The van der Waals surface area contributed by atoms with E-state index in [2.05, 4.69) is 4.90 Å². The molecule has 0 radical (unpaired) electrons. The smallest absolute Gasteiger partial charge is 0.338 e. The van der Waals surface area contributed by atoms with Gasteiger partial charge in [-0.15, -0.1) is 0 Å². The molecule has 3 rings (SSSR count). The van der Waals surface area contributed by atoms with E-state index in [0.717, 1.165) is 37.6 Å². The number of benzene rings is 2. The third-order valence-corrected chi connectivity index (χ3v) is 6.40. The van der Waals surface area contributed by atoms with Crippen molar-refractivity contribution in [3.8, 4) is 0 Å². The topological polar surface area (TPSA) is 59.1 Å². The number of rotatable bonds is 9. The molecule has 178 valence electrons. The van der Waals surface area contributed by atoms with E-state index in [0.29, 0.717) is 24.0 Å². The normalized spacial score (nSPS) is 16.0. The van der Waals surface area contributed by atoms with Crippen LogP contribution in [-0.2, 0) is 15.9 Å². The molecule has 1 atom stereocenters. The van der Waals surface area contributed by atoms with Crippen molar-refractivity contribution in [1.29, 1.82) is 0 Å². The number of nitrogens with zero attached hydrogens (tertiary/aromatic N) is 2. The number of Topliss-reactive ketones (excluding diaryl/α,β-unsaturated/α-hetero) is 1. The van der Waals surface area contributed by atoms with Gasteiger partial charge in [0.15, 0.2) is 5.78 Å². The Bertz CT molecular complexity index is 932. The molecule has 1 unspecified atom stereocenters. The average Bonchev–Trinajstić information content (AvgIpc) is 2.82. The number of carbonyl (C=O) groups is 2. The highest BCUT2D eigenvalue weighted by Crippen LogP contribution is 2.29. The Morgan fingerprint density at radius 2 is 1.58 bits per heavy atom. The Balaban J connectivity index is 1.80. The van der Waals surface area contributed by atoms with Crippen LogP contribution in [0.4, 0.5) is 5.69 Å². The Labute approximate surface area is 197 Å². The molecule has 0 amide bonds. The molecule has 1 heterocycles. The lowest BCUT2D eigenvalue weighted by Gasteiger charge is -2.38. The maximum Gasteiger partial charge on any atom is 0.338 e. The van der Waals surface area contributed by atoms with E-state index in [4.69, 9.17) is 9.47 Å². The number of likely N-dealkylation sites (N-methyl/N-ethyl adjacent to an activating group) is 1. The van der Waals surface area contributed by atoms with Gasteiger partial charge < -0.3 is 14.4 Å². The first kappa shape index (κ1) is 24.9. The van der Waals surface area contributed by atoms with Crippen LogP contribution in [-0.4, -0.2) is 68.7 Å². The van der Waals surface area contributed by atoms with Gasteiger partial charge in [-0.25, -0.2) is 4.79 Å². The molecule has 2 aromatic rings. The third kappa shape index (κ3) is 5.81. The molecular weight excluding hydrogens is 416 g/mol. The van der Waals surface area contributed by atoms with Gasteiger partial charge >= 0.3 is 5.97 Å². The summed E-state index contributed by atoms with van der Waals surface area (Å²) in [6.45, 7) is 8.90. The second-order valence-corrected chi connectivity index (χ2v) is 9.08. The highest BCUT2D eigenvalue weighted by molar-refractivity contribution is 6.03. The predicted octanol–water partition coefficient (Wildman–Crippen LogP) is 4.22. The largest absolute Gasteiger partial charge is 0.459 e. The van der Waals surface area contributed by atoms with Crippen LogP contribution in [0.25, 0.3) is 0 Å². The van der Waals surface area contributed by atoms with Crippen LogP contribution in [0.1, 0.15) is 53.5 Å². The van der Waals surface area contributed by atoms with Crippen molar-refractivity contribution >= 4 is 17.4 Å². The minimum atomic E-state index is -0.680. The number of ketones is 1. The summed E-state index contributed by atoms with van der Waals surface area (Å²) in [5, 5.41) is 0. The SMILES string of the molecule is CCC(Cc1ccc(C(=O)OC(C)C)cc1)(C(=O)c1ccc(N2CCOCC2)cc1)N(C)C. The quantitative estimate of drug-likeness (QED) is 0.419. The van der Waals surface area contributed by atoms with Crippen molar-refractivity contribution in [3.63, 3.8) is 0 Å². The summed E-state index contributed by atoms with van der Waals surface area (Å²) < 4.78 is 10.7. The van der Waals surface area contributed by atoms with Crippen molar-refractivity contribution in [2.45, 2.75) is 45.3 Å². The van der Waals surface area contributed by atoms with Gasteiger partial charge in [-0.05, 0) is 82.7 Å². The zero-order chi connectivity index (χ0) is 24.0. The van der Waals surface area contributed by atoms with Crippen molar-refractivity contribution in [1.82, 2.24) is 4.90 Å². The summed E-state index contributed by atoms with van der Waals surface area (Å²) in [5.41, 5.74) is 2.67. The van der Waals surface area contributed by atoms with Crippen LogP contribution in [0.3, 0.4) is 0 Å². The molecule has 33 heavy (non-hydrogen) atoms. The Kier molecular flexibility index (Phi) is 8.27. The second-order valence-electron chi connectivity index (χ2n) is 9.08. The zero-order valence-corrected chi connectivity index (χ0v) is 20.5. The summed E-state index contributed by atoms with van der Waals surface area (Å²) in [4.78, 5) is 30.2. The molecule has 1 saturated heterocycles. The molecular formula is C27H36N2O4. The number of anilines is 1. The number of carbonyl (C=O) groups excluding carboxylic acids is 2. The third-order valence-electron chi connectivity index (χ3n) is 6.40. The maximum atomic E-state index is 13.8. The lowest BCUT2D eigenvalue weighted by atomic mass is 9.80. The van der Waals surface area contributed by atoms with Gasteiger partial charge in [0.25, 0.3) is 0 Å². The van der Waals surface area contributed by atoms with E-state index in [1.807, 2.05) is 76.2 Å². The van der Waals surface area contributed by atoms with E-state index >= 15 is 0 Å². The monoisotopic (exact) mass is 452 g/mol. The fraction of sp³-hybridized carbons (Fsp3) is 0.481. The summed E-state index contributed by atoms with van der Waals surface area (Å²) in [6.07, 6.45) is 1.06. The van der Waals surface area contributed by atoms with Gasteiger partial charge in [0.1, 0.15) is 0 Å². The first-order valence-electron chi connectivity index (χ1n) is 11.7. The highest BCUT2D eigenvalue weighted by Gasteiger charge is 2.39. The van der Waals surface area contributed by atoms with E-state index in [1.54, 1.807) is 12.1 Å². The summed E-state index contributed by atoms with van der Waals surface area (Å²) in [5.74, 6) is -0.228. The van der Waals surface area contributed by atoms with E-state index in [9.17, 15) is 9.59 Å². The predicted molar refractivity (Wildman–Crippen MR) is 131 cm³/mol. The molecule has 1 aliphatic heterocycles. The van der Waals surface area contributed by atoms with Crippen molar-refractivity contribution in [2.75, 3.05) is 45.3 Å². The molecule has 6 nitrogen and oxygen atoms in total. The fourth-order valence-electron chi connectivity index (χ4n) is 4.34.